The number of hydrogen-bond donors (Lipinski definition) is 3. The first-order chi connectivity index (χ1) is 12.1. The van der Waals surface area contributed by atoms with Crippen LogP contribution in [-0.2, 0) is 9.59 Å². The molecule has 2 aromatic rings. The quantitative estimate of drug-likeness (QED) is 0.767. The number of carboxylic acid groups (broad SMARTS) is 1. The van der Waals surface area contributed by atoms with Crippen LogP contribution in [0.2, 0.25) is 0 Å². The first kappa shape index (κ1) is 19.4. The van der Waals surface area contributed by atoms with Gasteiger partial charge in [0, 0.05) is 5.56 Å². The van der Waals surface area contributed by atoms with Crippen molar-refractivity contribution in [1.82, 2.24) is 10.6 Å². The van der Waals surface area contributed by atoms with Crippen molar-refractivity contribution in [3.63, 3.8) is 0 Å². The predicted octanol–water partition coefficient (Wildman–Crippen LogP) is 2.57. The smallest absolute Gasteiger partial charge is 0.325 e. The topological polar surface area (TPSA) is 95.5 Å². The molecule has 138 valence electrons. The Kier molecular flexibility index (Phi) is 5.65. The molecular weight excluding hydrogens is 332 g/mol. The van der Waals surface area contributed by atoms with Gasteiger partial charge in [0.2, 0.25) is 5.91 Å². The molecule has 6 heteroatoms. The van der Waals surface area contributed by atoms with Crippen molar-refractivity contribution >= 4 is 28.6 Å². The molecule has 0 aliphatic heterocycles. The van der Waals surface area contributed by atoms with E-state index >= 15 is 0 Å². The van der Waals surface area contributed by atoms with Crippen LogP contribution in [-0.4, -0.2) is 35.0 Å². The minimum Gasteiger partial charge on any atom is -0.480 e. The number of carbonyl (C=O) groups excluding carboxylic acids is 2. The summed E-state index contributed by atoms with van der Waals surface area (Å²) in [5.74, 6) is -2.03. The van der Waals surface area contributed by atoms with Crippen molar-refractivity contribution < 1.29 is 19.5 Å². The zero-order valence-corrected chi connectivity index (χ0v) is 15.4. The van der Waals surface area contributed by atoms with Crippen LogP contribution < -0.4 is 10.6 Å². The summed E-state index contributed by atoms with van der Waals surface area (Å²) in [4.78, 5) is 36.4. The summed E-state index contributed by atoms with van der Waals surface area (Å²) in [5.41, 5.74) is -0.126. The van der Waals surface area contributed by atoms with Crippen LogP contribution in [0.25, 0.3) is 10.8 Å². The van der Waals surface area contributed by atoms with Crippen LogP contribution in [0.4, 0.5) is 0 Å². The molecule has 26 heavy (non-hydrogen) atoms. The summed E-state index contributed by atoms with van der Waals surface area (Å²) >= 11 is 0. The molecule has 0 aliphatic carbocycles. The number of hydrogen-bond acceptors (Lipinski definition) is 3. The summed E-state index contributed by atoms with van der Waals surface area (Å²) in [6.45, 7) is 6.82. The van der Waals surface area contributed by atoms with Gasteiger partial charge in [-0.25, -0.2) is 0 Å². The zero-order valence-electron chi connectivity index (χ0n) is 15.4. The highest BCUT2D eigenvalue weighted by molar-refractivity contribution is 6.08. The van der Waals surface area contributed by atoms with E-state index in [0.29, 0.717) is 5.56 Å². The molecular formula is C20H24N2O4. The van der Waals surface area contributed by atoms with E-state index in [2.05, 4.69) is 10.6 Å². The normalized spacial score (nSPS) is 13.7. The van der Waals surface area contributed by atoms with Gasteiger partial charge in [-0.3, -0.25) is 14.4 Å². The first-order valence-corrected chi connectivity index (χ1v) is 8.43. The molecule has 0 fully saturated rings. The third-order valence-electron chi connectivity index (χ3n) is 4.17. The summed E-state index contributed by atoms with van der Waals surface area (Å²) in [6, 6.07) is 11.0. The number of rotatable bonds is 5. The van der Waals surface area contributed by atoms with Crippen molar-refractivity contribution in [2.45, 2.75) is 39.8 Å². The van der Waals surface area contributed by atoms with Crippen LogP contribution in [0.15, 0.2) is 42.5 Å². The lowest BCUT2D eigenvalue weighted by Gasteiger charge is -2.31. The Morgan fingerprint density at radius 2 is 1.58 bits per heavy atom. The first-order valence-electron chi connectivity index (χ1n) is 8.43. The maximum atomic E-state index is 12.8. The second-order valence-corrected chi connectivity index (χ2v) is 7.37. The average Bonchev–Trinajstić information content (AvgIpc) is 2.57. The van der Waals surface area contributed by atoms with Gasteiger partial charge in [-0.1, -0.05) is 57.2 Å². The summed E-state index contributed by atoms with van der Waals surface area (Å²) in [5, 5.41) is 15.9. The lowest BCUT2D eigenvalue weighted by Crippen LogP contribution is -2.56. The molecule has 0 heterocycles. The number of carbonyl (C=O) groups is 3. The van der Waals surface area contributed by atoms with Gasteiger partial charge in [0.05, 0.1) is 0 Å². The van der Waals surface area contributed by atoms with Gasteiger partial charge in [-0.05, 0) is 29.2 Å². The second-order valence-electron chi connectivity index (χ2n) is 7.37. The Hall–Kier alpha value is -2.89. The van der Waals surface area contributed by atoms with Gasteiger partial charge in [0.25, 0.3) is 5.91 Å². The second kappa shape index (κ2) is 7.56. The Morgan fingerprint density at radius 3 is 2.19 bits per heavy atom. The fourth-order valence-electron chi connectivity index (χ4n) is 2.67. The highest BCUT2D eigenvalue weighted by Gasteiger charge is 2.34. The largest absolute Gasteiger partial charge is 0.480 e. The van der Waals surface area contributed by atoms with E-state index in [4.69, 9.17) is 5.11 Å². The fourth-order valence-corrected chi connectivity index (χ4v) is 2.67. The molecule has 0 bridgehead atoms. The highest BCUT2D eigenvalue weighted by atomic mass is 16.4. The summed E-state index contributed by atoms with van der Waals surface area (Å²) < 4.78 is 0. The predicted molar refractivity (Wildman–Crippen MR) is 99.9 cm³/mol. The third-order valence-corrected chi connectivity index (χ3v) is 4.17. The number of nitrogens with one attached hydrogen (secondary N) is 2. The van der Waals surface area contributed by atoms with Crippen LogP contribution in [0.5, 0.6) is 0 Å². The Balaban J connectivity index is 2.29. The molecule has 0 saturated carbocycles. The maximum Gasteiger partial charge on any atom is 0.325 e. The van der Waals surface area contributed by atoms with Crippen molar-refractivity contribution in [1.29, 1.82) is 0 Å². The van der Waals surface area contributed by atoms with E-state index in [1.165, 1.54) is 6.92 Å². The van der Waals surface area contributed by atoms with Crippen molar-refractivity contribution in [2.75, 3.05) is 0 Å². The van der Waals surface area contributed by atoms with Gasteiger partial charge < -0.3 is 15.7 Å². The standard InChI is InChI=1S/C20H24N2O4/c1-12(19(25)26)21-18(24)16(20(2,3)4)22-17(23)15-11-7-9-13-8-5-6-10-14(13)15/h5-12,16H,1-4H3,(H,21,24)(H,22,23)(H,25,26)/t12-,16+/m0/s1. The number of benzene rings is 2. The maximum absolute atomic E-state index is 12.8. The number of aliphatic carboxylic acids is 1. The van der Waals surface area contributed by atoms with Crippen LogP contribution in [0.3, 0.4) is 0 Å². The Morgan fingerprint density at radius 1 is 0.962 bits per heavy atom. The number of fused-ring (bicyclic) bond motifs is 1. The van der Waals surface area contributed by atoms with E-state index in [1.807, 2.05) is 51.1 Å². The molecule has 0 saturated heterocycles. The molecule has 2 atom stereocenters. The van der Waals surface area contributed by atoms with Gasteiger partial charge in [0.15, 0.2) is 0 Å². The van der Waals surface area contributed by atoms with Crippen molar-refractivity contribution in [2.24, 2.45) is 5.41 Å². The lowest BCUT2D eigenvalue weighted by molar-refractivity contribution is -0.142. The monoisotopic (exact) mass is 356 g/mol. The van der Waals surface area contributed by atoms with Crippen molar-refractivity contribution in [3.05, 3.63) is 48.0 Å². The van der Waals surface area contributed by atoms with Crippen molar-refractivity contribution in [3.8, 4) is 0 Å². The zero-order chi connectivity index (χ0) is 19.5. The molecule has 3 N–H and O–H groups in total. The van der Waals surface area contributed by atoms with E-state index in [9.17, 15) is 14.4 Å². The van der Waals surface area contributed by atoms with Gasteiger partial charge in [-0.15, -0.1) is 0 Å². The highest BCUT2D eigenvalue weighted by Crippen LogP contribution is 2.22. The lowest BCUT2D eigenvalue weighted by atomic mass is 9.85. The molecule has 0 radical (unpaired) electrons. The van der Waals surface area contributed by atoms with Gasteiger partial charge in [-0.2, -0.15) is 0 Å². The van der Waals surface area contributed by atoms with E-state index in [-0.39, 0.29) is 5.91 Å². The molecule has 2 amide bonds. The number of carboxylic acids is 1. The Bertz CT molecular complexity index is 834. The summed E-state index contributed by atoms with van der Waals surface area (Å²) in [6.07, 6.45) is 0. The molecule has 2 rings (SSSR count). The third kappa shape index (κ3) is 4.39. The van der Waals surface area contributed by atoms with Crippen LogP contribution in [0, 0.1) is 5.41 Å². The number of amides is 2. The van der Waals surface area contributed by atoms with Gasteiger partial charge in [0.1, 0.15) is 12.1 Å². The fraction of sp³-hybridized carbons (Fsp3) is 0.350. The average molecular weight is 356 g/mol. The van der Waals surface area contributed by atoms with Gasteiger partial charge >= 0.3 is 5.97 Å². The summed E-state index contributed by atoms with van der Waals surface area (Å²) in [7, 11) is 0. The SMILES string of the molecule is C[C@H](NC(=O)[C@@H](NC(=O)c1cccc2ccccc12)C(C)(C)C)C(=O)O. The Labute approximate surface area is 152 Å². The van der Waals surface area contributed by atoms with Crippen LogP contribution in [0.1, 0.15) is 38.1 Å². The molecule has 2 aromatic carbocycles. The van der Waals surface area contributed by atoms with E-state index in [1.54, 1.807) is 12.1 Å². The molecule has 0 spiro atoms. The minimum absolute atomic E-state index is 0.375. The minimum atomic E-state index is -1.13. The van der Waals surface area contributed by atoms with E-state index < -0.39 is 29.4 Å². The molecule has 0 unspecified atom stereocenters. The molecule has 0 aliphatic rings. The van der Waals surface area contributed by atoms with Crippen LogP contribution >= 0.6 is 0 Å². The van der Waals surface area contributed by atoms with E-state index in [0.717, 1.165) is 10.8 Å². The molecule has 6 nitrogen and oxygen atoms in total. The molecule has 0 aromatic heterocycles.